The molecule has 11 heteroatoms. The number of phenols is 1. The normalized spacial score (nSPS) is 26.6. The third-order valence-corrected chi connectivity index (χ3v) is 8.23. The molecule has 0 spiro atoms. The summed E-state index contributed by atoms with van der Waals surface area (Å²) in [7, 11) is 6.84. The molecule has 1 fully saturated rings. The van der Waals surface area contributed by atoms with Gasteiger partial charge in [0.2, 0.25) is 5.78 Å². The van der Waals surface area contributed by atoms with E-state index in [1.54, 1.807) is 14.1 Å². The number of nitrogens with zero attached hydrogens (tertiary/aromatic N) is 2. The number of nitrogens with two attached hydrogens (primary N) is 1. The molecular weight excluding hydrogens is 516 g/mol. The first-order valence-electron chi connectivity index (χ1n) is 13.3. The van der Waals surface area contributed by atoms with E-state index in [2.05, 4.69) is 26.1 Å². The number of carbonyl (C=O) groups is 3. The van der Waals surface area contributed by atoms with Gasteiger partial charge in [-0.3, -0.25) is 19.3 Å². The Balaban J connectivity index is 1.91. The standard InChI is InChI=1S/C29H40N4O7/c1-28(2,3)12-31-11-14-10-17(32(4)5)15-8-13-9-16-21(33(6)7)24(36)20(27(30)39)26(38)29(16,40)25(37)18(13)23(35)19(15)22(14)34/h10,13,16,21,31,34-35,38,40H,8-9,11-12H2,1-7H3,(H2,30,39)/t13-,16?,21-,29-/m0/s1. The molecular formula is C29H40N4O7. The number of aromatic hydroxyl groups is 1. The van der Waals surface area contributed by atoms with E-state index < -0.39 is 58.0 Å². The largest absolute Gasteiger partial charge is 0.508 e. The lowest BCUT2D eigenvalue weighted by Gasteiger charge is -2.50. The van der Waals surface area contributed by atoms with Crippen molar-refractivity contribution >= 4 is 28.9 Å². The van der Waals surface area contributed by atoms with Gasteiger partial charge in [-0.25, -0.2) is 0 Å². The second kappa shape index (κ2) is 9.90. The molecule has 1 aromatic rings. The number of phenolic OH excluding ortho intramolecular Hbond substituents is 1. The second-order valence-corrected chi connectivity index (χ2v) is 12.8. The first kappa shape index (κ1) is 29.6. The van der Waals surface area contributed by atoms with Crippen LogP contribution in [0, 0.1) is 17.3 Å². The number of Topliss-reactive ketones (excluding diaryl/α,β-unsaturated/α-hetero) is 2. The fourth-order valence-electron chi connectivity index (χ4n) is 6.45. The Labute approximate surface area is 233 Å². The summed E-state index contributed by atoms with van der Waals surface area (Å²) in [5.41, 5.74) is 3.73. The first-order chi connectivity index (χ1) is 18.4. The number of rotatable bonds is 6. The number of benzene rings is 1. The van der Waals surface area contributed by atoms with E-state index in [0.717, 1.165) is 5.69 Å². The highest BCUT2D eigenvalue weighted by atomic mass is 16.3. The second-order valence-electron chi connectivity index (χ2n) is 12.8. The predicted octanol–water partition coefficient (Wildman–Crippen LogP) is 1.17. The molecule has 7 N–H and O–H groups in total. The fraction of sp³-hybridized carbons (Fsp3) is 0.552. The van der Waals surface area contributed by atoms with Crippen molar-refractivity contribution in [1.82, 2.24) is 10.2 Å². The summed E-state index contributed by atoms with van der Waals surface area (Å²) in [6.45, 7) is 7.21. The summed E-state index contributed by atoms with van der Waals surface area (Å²) in [5.74, 6) is -6.55. The van der Waals surface area contributed by atoms with Crippen molar-refractivity contribution in [3.63, 3.8) is 0 Å². The molecule has 0 heterocycles. The average Bonchev–Trinajstić information content (AvgIpc) is 2.81. The number of anilines is 1. The van der Waals surface area contributed by atoms with Crippen molar-refractivity contribution in [1.29, 1.82) is 0 Å². The van der Waals surface area contributed by atoms with Gasteiger partial charge < -0.3 is 36.4 Å². The van der Waals surface area contributed by atoms with Crippen molar-refractivity contribution in [2.45, 2.75) is 51.8 Å². The van der Waals surface area contributed by atoms with E-state index in [9.17, 15) is 34.8 Å². The highest BCUT2D eigenvalue weighted by Gasteiger charge is 2.64. The van der Waals surface area contributed by atoms with Crippen LogP contribution in [0.25, 0.3) is 5.76 Å². The number of likely N-dealkylation sites (N-methyl/N-ethyl adjacent to an activating group) is 1. The third-order valence-electron chi connectivity index (χ3n) is 8.23. The highest BCUT2D eigenvalue weighted by molar-refractivity contribution is 6.24. The quantitative estimate of drug-likeness (QED) is 0.279. The Hall–Kier alpha value is -3.41. The number of amides is 1. The van der Waals surface area contributed by atoms with Crippen LogP contribution in [0.4, 0.5) is 5.69 Å². The molecule has 0 bridgehead atoms. The summed E-state index contributed by atoms with van der Waals surface area (Å²) >= 11 is 0. The molecule has 0 aromatic heterocycles. The molecule has 1 unspecified atom stereocenters. The zero-order chi connectivity index (χ0) is 30.1. The fourth-order valence-corrected chi connectivity index (χ4v) is 6.45. The van der Waals surface area contributed by atoms with Crippen LogP contribution in [0.5, 0.6) is 5.75 Å². The lowest BCUT2D eigenvalue weighted by Crippen LogP contribution is -2.65. The van der Waals surface area contributed by atoms with Crippen molar-refractivity contribution in [2.24, 2.45) is 23.0 Å². The van der Waals surface area contributed by atoms with E-state index in [-0.39, 0.29) is 35.1 Å². The first-order valence-corrected chi connectivity index (χ1v) is 13.3. The van der Waals surface area contributed by atoms with E-state index >= 15 is 0 Å². The minimum Gasteiger partial charge on any atom is -0.508 e. The number of nitrogens with one attached hydrogen (secondary N) is 1. The van der Waals surface area contributed by atoms with Gasteiger partial charge >= 0.3 is 0 Å². The molecule has 1 aromatic carbocycles. The van der Waals surface area contributed by atoms with Gasteiger partial charge in [-0.1, -0.05) is 20.8 Å². The third kappa shape index (κ3) is 4.46. The van der Waals surface area contributed by atoms with Crippen molar-refractivity contribution in [3.8, 4) is 5.75 Å². The Morgan fingerprint density at radius 2 is 1.77 bits per heavy atom. The maximum absolute atomic E-state index is 14.0. The van der Waals surface area contributed by atoms with Gasteiger partial charge in [0.15, 0.2) is 11.4 Å². The zero-order valence-electron chi connectivity index (χ0n) is 24.1. The molecule has 4 rings (SSSR count). The lowest BCUT2D eigenvalue weighted by atomic mass is 9.57. The minimum atomic E-state index is -2.66. The van der Waals surface area contributed by atoms with Gasteiger partial charge in [0.25, 0.3) is 5.91 Å². The van der Waals surface area contributed by atoms with Gasteiger partial charge in [0.05, 0.1) is 11.6 Å². The molecule has 1 amide bonds. The van der Waals surface area contributed by atoms with Gasteiger partial charge in [-0.2, -0.15) is 0 Å². The maximum atomic E-state index is 14.0. The Morgan fingerprint density at radius 1 is 1.15 bits per heavy atom. The van der Waals surface area contributed by atoms with Gasteiger partial charge in [-0.15, -0.1) is 0 Å². The lowest BCUT2D eigenvalue weighted by molar-refractivity contribution is -0.153. The molecule has 3 aliphatic rings. The zero-order valence-corrected chi connectivity index (χ0v) is 24.1. The van der Waals surface area contributed by atoms with E-state index in [1.165, 1.54) is 4.90 Å². The molecule has 1 saturated carbocycles. The molecule has 3 aliphatic carbocycles. The van der Waals surface area contributed by atoms with Gasteiger partial charge in [0, 0.05) is 49.9 Å². The average molecular weight is 557 g/mol. The van der Waals surface area contributed by atoms with Gasteiger partial charge in [0.1, 0.15) is 22.8 Å². The van der Waals surface area contributed by atoms with Crippen molar-refractivity contribution in [2.75, 3.05) is 39.6 Å². The molecule has 0 radical (unpaired) electrons. The minimum absolute atomic E-state index is 0.00285. The van der Waals surface area contributed by atoms with Crippen molar-refractivity contribution < 1.29 is 34.8 Å². The maximum Gasteiger partial charge on any atom is 0.255 e. The van der Waals surface area contributed by atoms with Crippen LogP contribution < -0.4 is 16.0 Å². The van der Waals surface area contributed by atoms with E-state index in [1.807, 2.05) is 25.1 Å². The molecule has 40 heavy (non-hydrogen) atoms. The summed E-state index contributed by atoms with van der Waals surface area (Å²) < 4.78 is 0. The van der Waals surface area contributed by atoms with Crippen LogP contribution in [0.3, 0.4) is 0 Å². The number of primary amides is 1. The number of fused-ring (bicyclic) bond motifs is 3. The number of ketones is 2. The smallest absolute Gasteiger partial charge is 0.255 e. The van der Waals surface area contributed by atoms with Crippen LogP contribution >= 0.6 is 0 Å². The highest BCUT2D eigenvalue weighted by Crippen LogP contribution is 2.54. The van der Waals surface area contributed by atoms with Crippen LogP contribution in [-0.4, -0.2) is 89.2 Å². The van der Waals surface area contributed by atoms with Gasteiger partial charge in [-0.05, 0) is 49.9 Å². The molecule has 4 atom stereocenters. The molecule has 0 saturated heterocycles. The molecule has 0 aliphatic heterocycles. The number of carbonyl (C=O) groups excluding carboxylic acids is 3. The van der Waals surface area contributed by atoms with Crippen LogP contribution in [-0.2, 0) is 27.3 Å². The SMILES string of the molecule is CN(C)c1cc(CNCC(C)(C)C)c(O)c2c1C[C@H]1CC3[C@H](N(C)C)C(=O)C(C(N)=O)=C(O)[C@@]3(O)C(=O)C1=C2O. The van der Waals surface area contributed by atoms with Crippen LogP contribution in [0.15, 0.2) is 23.0 Å². The van der Waals surface area contributed by atoms with Crippen LogP contribution in [0.1, 0.15) is 43.9 Å². The topological polar surface area (TPSA) is 177 Å². The summed E-state index contributed by atoms with van der Waals surface area (Å²) in [6, 6.07) is 0.735. The Bertz CT molecular complexity index is 1350. The predicted molar refractivity (Wildman–Crippen MR) is 150 cm³/mol. The Kier molecular flexibility index (Phi) is 7.32. The monoisotopic (exact) mass is 556 g/mol. The van der Waals surface area contributed by atoms with Crippen LogP contribution in [0.2, 0.25) is 0 Å². The molecule has 218 valence electrons. The Morgan fingerprint density at radius 3 is 2.30 bits per heavy atom. The number of aliphatic hydroxyl groups is 3. The van der Waals surface area contributed by atoms with Crippen molar-refractivity contribution in [3.05, 3.63) is 39.7 Å². The summed E-state index contributed by atoms with van der Waals surface area (Å²) in [6.07, 6.45) is 0.291. The number of hydrogen-bond acceptors (Lipinski definition) is 10. The molecule has 11 nitrogen and oxygen atoms in total. The number of aliphatic hydroxyl groups excluding tert-OH is 2. The van der Waals surface area contributed by atoms with E-state index in [0.29, 0.717) is 24.2 Å². The summed E-state index contributed by atoms with van der Waals surface area (Å²) in [5, 5.41) is 49.0. The summed E-state index contributed by atoms with van der Waals surface area (Å²) in [4.78, 5) is 42.8. The number of hydrogen-bond donors (Lipinski definition) is 6. The van der Waals surface area contributed by atoms with E-state index in [4.69, 9.17) is 5.73 Å².